The molecule has 0 atom stereocenters. The predicted molar refractivity (Wildman–Crippen MR) is 63.0 cm³/mol. The Hall–Kier alpha value is -0.750. The Morgan fingerprint density at radius 1 is 1.39 bits per heavy atom. The SMILES string of the molecule is Cc1cc(F)c(C(=O)CCl)cc1SCC(F)(F)F. The van der Waals surface area contributed by atoms with Crippen LogP contribution in [-0.2, 0) is 0 Å². The smallest absolute Gasteiger partial charge is 0.293 e. The summed E-state index contributed by atoms with van der Waals surface area (Å²) in [4.78, 5) is 11.5. The van der Waals surface area contributed by atoms with Gasteiger partial charge in [0.2, 0.25) is 0 Å². The Bertz CT molecular complexity index is 459. The van der Waals surface area contributed by atoms with Crippen molar-refractivity contribution in [3.63, 3.8) is 0 Å². The zero-order valence-corrected chi connectivity index (χ0v) is 10.8. The normalized spacial score (nSPS) is 11.7. The van der Waals surface area contributed by atoms with Crippen LogP contribution in [0.2, 0.25) is 0 Å². The Morgan fingerprint density at radius 2 is 2.00 bits per heavy atom. The van der Waals surface area contributed by atoms with E-state index < -0.39 is 29.4 Å². The van der Waals surface area contributed by atoms with Crippen LogP contribution in [0.15, 0.2) is 17.0 Å². The Balaban J connectivity index is 3.02. The third kappa shape index (κ3) is 4.17. The number of carbonyl (C=O) groups excluding carboxylic acids is 1. The van der Waals surface area contributed by atoms with Gasteiger partial charge in [-0.1, -0.05) is 0 Å². The monoisotopic (exact) mass is 300 g/mol. The first-order valence-corrected chi connectivity index (χ1v) is 6.35. The second-order valence-corrected chi connectivity index (χ2v) is 4.84. The molecule has 7 heteroatoms. The van der Waals surface area contributed by atoms with E-state index in [0.29, 0.717) is 17.3 Å². The van der Waals surface area contributed by atoms with E-state index in [9.17, 15) is 22.4 Å². The molecule has 0 amide bonds. The van der Waals surface area contributed by atoms with Gasteiger partial charge in [0.1, 0.15) is 5.82 Å². The molecule has 0 saturated carbocycles. The third-order valence-electron chi connectivity index (χ3n) is 2.08. The molecule has 1 nitrogen and oxygen atoms in total. The predicted octanol–water partition coefficient (Wildman–Crippen LogP) is 4.21. The van der Waals surface area contributed by atoms with Gasteiger partial charge in [0.05, 0.1) is 17.2 Å². The number of aryl methyl sites for hydroxylation is 1. The summed E-state index contributed by atoms with van der Waals surface area (Å²) in [7, 11) is 0. The van der Waals surface area contributed by atoms with Crippen LogP contribution < -0.4 is 0 Å². The van der Waals surface area contributed by atoms with E-state index in [0.717, 1.165) is 12.1 Å². The summed E-state index contributed by atoms with van der Waals surface area (Å²) >= 11 is 5.82. The molecule has 0 fully saturated rings. The minimum atomic E-state index is -4.32. The Labute approximate surface area is 111 Å². The van der Waals surface area contributed by atoms with E-state index in [-0.39, 0.29) is 10.5 Å². The minimum Gasteiger partial charge on any atom is -0.293 e. The number of benzene rings is 1. The van der Waals surface area contributed by atoms with Gasteiger partial charge in [-0.15, -0.1) is 23.4 Å². The molecule has 1 aromatic carbocycles. The fraction of sp³-hybridized carbons (Fsp3) is 0.364. The van der Waals surface area contributed by atoms with Crippen LogP contribution in [0.25, 0.3) is 0 Å². The van der Waals surface area contributed by atoms with Crippen molar-refractivity contribution in [2.45, 2.75) is 18.0 Å². The summed E-state index contributed by atoms with van der Waals surface area (Å²) in [5.74, 6) is -2.92. The topological polar surface area (TPSA) is 17.1 Å². The first-order chi connectivity index (χ1) is 8.24. The molecule has 100 valence electrons. The zero-order valence-electron chi connectivity index (χ0n) is 9.28. The van der Waals surface area contributed by atoms with Crippen molar-refractivity contribution in [2.75, 3.05) is 11.6 Å². The van der Waals surface area contributed by atoms with Gasteiger partial charge in [-0.25, -0.2) is 4.39 Å². The van der Waals surface area contributed by atoms with Gasteiger partial charge in [-0.05, 0) is 24.6 Å². The molecule has 0 aliphatic carbocycles. The molecule has 0 unspecified atom stereocenters. The highest BCUT2D eigenvalue weighted by Gasteiger charge is 2.28. The second-order valence-electron chi connectivity index (χ2n) is 3.56. The molecular formula is C11H9ClF4OS. The van der Waals surface area contributed by atoms with Gasteiger partial charge in [0.25, 0.3) is 0 Å². The van der Waals surface area contributed by atoms with E-state index in [4.69, 9.17) is 11.6 Å². The standard InChI is InChI=1S/C11H9ClF4OS/c1-6-2-8(13)7(9(17)4-12)3-10(6)18-5-11(14,15)16/h2-3H,4-5H2,1H3. The van der Waals surface area contributed by atoms with Crippen LogP contribution in [0.3, 0.4) is 0 Å². The van der Waals surface area contributed by atoms with Gasteiger partial charge in [-0.3, -0.25) is 4.79 Å². The Morgan fingerprint density at radius 3 is 2.50 bits per heavy atom. The van der Waals surface area contributed by atoms with E-state index in [1.54, 1.807) is 0 Å². The van der Waals surface area contributed by atoms with Crippen molar-refractivity contribution in [2.24, 2.45) is 0 Å². The lowest BCUT2D eigenvalue weighted by atomic mass is 10.1. The maximum absolute atomic E-state index is 13.4. The van der Waals surface area contributed by atoms with Gasteiger partial charge >= 0.3 is 6.18 Å². The van der Waals surface area contributed by atoms with E-state index >= 15 is 0 Å². The highest BCUT2D eigenvalue weighted by atomic mass is 35.5. The number of Topliss-reactive ketones (excluding diaryl/α,β-unsaturated/α-hetero) is 1. The summed E-state index contributed by atoms with van der Waals surface area (Å²) in [6.07, 6.45) is -4.32. The van der Waals surface area contributed by atoms with Crippen molar-refractivity contribution in [3.8, 4) is 0 Å². The molecule has 0 aliphatic rings. The lowest BCUT2D eigenvalue weighted by Crippen LogP contribution is -2.11. The lowest BCUT2D eigenvalue weighted by molar-refractivity contribution is -0.105. The first kappa shape index (κ1) is 15.3. The molecular weight excluding hydrogens is 292 g/mol. The van der Waals surface area contributed by atoms with Gasteiger partial charge < -0.3 is 0 Å². The molecule has 0 saturated heterocycles. The van der Waals surface area contributed by atoms with Crippen molar-refractivity contribution < 1.29 is 22.4 Å². The van der Waals surface area contributed by atoms with Crippen LogP contribution in [-0.4, -0.2) is 23.6 Å². The maximum atomic E-state index is 13.4. The molecule has 0 radical (unpaired) electrons. The summed E-state index contributed by atoms with van der Waals surface area (Å²) in [5.41, 5.74) is 0.0770. The molecule has 0 aliphatic heterocycles. The maximum Gasteiger partial charge on any atom is 0.398 e. The summed E-state index contributed by atoms with van der Waals surface area (Å²) in [5, 5.41) is 0. The quantitative estimate of drug-likeness (QED) is 0.359. The van der Waals surface area contributed by atoms with Crippen molar-refractivity contribution in [1.82, 2.24) is 0 Å². The van der Waals surface area contributed by atoms with E-state index in [2.05, 4.69) is 0 Å². The number of rotatable bonds is 4. The molecule has 0 N–H and O–H groups in total. The van der Waals surface area contributed by atoms with Gasteiger partial charge in [0.15, 0.2) is 5.78 Å². The summed E-state index contributed by atoms with van der Waals surface area (Å²) in [6, 6.07) is 2.16. The minimum absolute atomic E-state index is 0.224. The highest BCUT2D eigenvalue weighted by Crippen LogP contribution is 2.31. The lowest BCUT2D eigenvalue weighted by Gasteiger charge is -2.10. The van der Waals surface area contributed by atoms with E-state index in [1.165, 1.54) is 6.92 Å². The molecule has 1 aromatic rings. The van der Waals surface area contributed by atoms with Gasteiger partial charge in [-0.2, -0.15) is 13.2 Å². The van der Waals surface area contributed by atoms with Crippen LogP contribution in [0.1, 0.15) is 15.9 Å². The molecule has 0 spiro atoms. The van der Waals surface area contributed by atoms with Crippen molar-refractivity contribution in [1.29, 1.82) is 0 Å². The number of halogens is 5. The van der Waals surface area contributed by atoms with Crippen molar-refractivity contribution >= 4 is 29.1 Å². The number of thioether (sulfide) groups is 1. The molecule has 18 heavy (non-hydrogen) atoms. The fourth-order valence-corrected chi connectivity index (χ4v) is 2.20. The average molecular weight is 301 g/mol. The zero-order chi connectivity index (χ0) is 13.9. The number of alkyl halides is 4. The summed E-state index contributed by atoms with van der Waals surface area (Å²) < 4.78 is 49.7. The highest BCUT2D eigenvalue weighted by molar-refractivity contribution is 7.99. The van der Waals surface area contributed by atoms with Crippen LogP contribution in [0.4, 0.5) is 17.6 Å². The van der Waals surface area contributed by atoms with E-state index in [1.807, 2.05) is 0 Å². The number of carbonyl (C=O) groups is 1. The molecule has 0 heterocycles. The first-order valence-electron chi connectivity index (χ1n) is 4.83. The van der Waals surface area contributed by atoms with Crippen LogP contribution in [0, 0.1) is 12.7 Å². The van der Waals surface area contributed by atoms with Gasteiger partial charge in [0, 0.05) is 4.90 Å². The largest absolute Gasteiger partial charge is 0.398 e. The third-order valence-corrected chi connectivity index (χ3v) is 3.54. The number of ketones is 1. The number of hydrogen-bond donors (Lipinski definition) is 0. The summed E-state index contributed by atoms with van der Waals surface area (Å²) in [6.45, 7) is 1.48. The van der Waals surface area contributed by atoms with Crippen LogP contribution >= 0.6 is 23.4 Å². The molecule has 0 bridgehead atoms. The second kappa shape index (κ2) is 5.93. The Kier molecular flexibility index (Phi) is 5.04. The van der Waals surface area contributed by atoms with Crippen molar-refractivity contribution in [3.05, 3.63) is 29.1 Å². The molecule has 0 aromatic heterocycles. The van der Waals surface area contributed by atoms with Crippen LogP contribution in [0.5, 0.6) is 0 Å². The molecule has 1 rings (SSSR count). The fourth-order valence-electron chi connectivity index (χ4n) is 1.25. The number of hydrogen-bond acceptors (Lipinski definition) is 2. The average Bonchev–Trinajstić information content (AvgIpc) is 2.25.